The number of amides is 1. The molecule has 0 N–H and O–H groups in total. The second-order valence-corrected chi connectivity index (χ2v) is 7.02. The van der Waals surface area contributed by atoms with Crippen molar-refractivity contribution in [3.05, 3.63) is 41.2 Å². The Morgan fingerprint density at radius 1 is 1.22 bits per heavy atom. The van der Waals surface area contributed by atoms with E-state index in [0.29, 0.717) is 6.04 Å². The summed E-state index contributed by atoms with van der Waals surface area (Å²) in [6.07, 6.45) is 5.18. The van der Waals surface area contributed by atoms with Crippen molar-refractivity contribution in [3.63, 3.8) is 0 Å². The van der Waals surface area contributed by atoms with Crippen molar-refractivity contribution in [3.8, 4) is 0 Å². The van der Waals surface area contributed by atoms with Gasteiger partial charge in [0, 0.05) is 18.7 Å². The lowest BCUT2D eigenvalue weighted by molar-refractivity contribution is 0.0684. The van der Waals surface area contributed by atoms with Crippen molar-refractivity contribution in [2.45, 2.75) is 25.8 Å². The summed E-state index contributed by atoms with van der Waals surface area (Å²) >= 11 is 1.63. The van der Waals surface area contributed by atoms with Gasteiger partial charge >= 0.3 is 0 Å². The van der Waals surface area contributed by atoms with Crippen LogP contribution in [0.25, 0.3) is 10.2 Å². The number of benzene rings is 1. The van der Waals surface area contributed by atoms with E-state index in [1.807, 2.05) is 30.0 Å². The van der Waals surface area contributed by atoms with Crippen LogP contribution >= 0.6 is 11.3 Å². The van der Waals surface area contributed by atoms with Crippen LogP contribution in [-0.2, 0) is 0 Å². The molecule has 6 nitrogen and oxygen atoms in total. The van der Waals surface area contributed by atoms with Crippen LogP contribution < -0.4 is 0 Å². The van der Waals surface area contributed by atoms with Gasteiger partial charge in [-0.3, -0.25) is 4.79 Å². The Balaban J connectivity index is 1.48. The number of carbonyl (C=O) groups is 1. The molecule has 1 fully saturated rings. The number of thiazole rings is 1. The van der Waals surface area contributed by atoms with Crippen molar-refractivity contribution in [2.75, 3.05) is 13.1 Å². The number of aryl methyl sites for hydroxylation is 1. The fourth-order valence-corrected chi connectivity index (χ4v) is 3.94. The number of fused-ring (bicyclic) bond motifs is 1. The van der Waals surface area contributed by atoms with Crippen LogP contribution in [0.3, 0.4) is 0 Å². The molecule has 0 unspecified atom stereocenters. The quantitative estimate of drug-likeness (QED) is 0.726. The predicted molar refractivity (Wildman–Crippen MR) is 88.6 cm³/mol. The van der Waals surface area contributed by atoms with Crippen molar-refractivity contribution < 1.29 is 4.79 Å². The first-order chi connectivity index (χ1) is 11.2. The lowest BCUT2D eigenvalue weighted by Gasteiger charge is -2.31. The summed E-state index contributed by atoms with van der Waals surface area (Å²) in [5.74, 6) is 0.102. The Morgan fingerprint density at radius 3 is 2.70 bits per heavy atom. The molecular formula is C16H17N5OS. The molecule has 3 heterocycles. The Bertz CT molecular complexity index is 833. The van der Waals surface area contributed by atoms with Crippen LogP contribution in [0.5, 0.6) is 0 Å². The Kier molecular flexibility index (Phi) is 3.57. The average Bonchev–Trinajstić information content (AvgIpc) is 3.22. The molecule has 118 valence electrons. The first kappa shape index (κ1) is 14.3. The van der Waals surface area contributed by atoms with Crippen LogP contribution in [0.2, 0.25) is 0 Å². The number of nitrogens with zero attached hydrogens (tertiary/aromatic N) is 5. The Morgan fingerprint density at radius 2 is 1.96 bits per heavy atom. The standard InChI is InChI=1S/C16H17N5OS/c1-11-19-14-3-2-12(10-15(14)23-11)16(22)20-8-4-13(5-9-20)21-17-6-7-18-21/h2-3,6-7,10,13H,4-5,8-9H2,1H3. The van der Waals surface area contributed by atoms with Gasteiger partial charge in [0.2, 0.25) is 0 Å². The van der Waals surface area contributed by atoms with Gasteiger partial charge in [-0.15, -0.1) is 11.3 Å². The number of rotatable bonds is 2. The maximum absolute atomic E-state index is 12.7. The van der Waals surface area contributed by atoms with Gasteiger partial charge < -0.3 is 4.90 Å². The van der Waals surface area contributed by atoms with Crippen LogP contribution in [-0.4, -0.2) is 43.9 Å². The van der Waals surface area contributed by atoms with Gasteiger partial charge in [-0.05, 0) is 38.0 Å². The number of piperidine rings is 1. The summed E-state index contributed by atoms with van der Waals surface area (Å²) < 4.78 is 1.07. The third-order valence-corrected chi connectivity index (χ3v) is 5.19. The SMILES string of the molecule is Cc1nc2ccc(C(=O)N3CCC(n4nccn4)CC3)cc2s1. The van der Waals surface area contributed by atoms with E-state index >= 15 is 0 Å². The highest BCUT2D eigenvalue weighted by Gasteiger charge is 2.25. The third kappa shape index (κ3) is 2.72. The molecule has 3 aromatic rings. The third-order valence-electron chi connectivity index (χ3n) is 4.26. The zero-order valence-corrected chi connectivity index (χ0v) is 13.7. The highest BCUT2D eigenvalue weighted by Crippen LogP contribution is 2.25. The van der Waals surface area contributed by atoms with E-state index in [9.17, 15) is 4.79 Å². The molecule has 1 aliphatic heterocycles. The largest absolute Gasteiger partial charge is 0.338 e. The van der Waals surface area contributed by atoms with Gasteiger partial charge in [0.05, 0.1) is 33.7 Å². The van der Waals surface area contributed by atoms with Crippen LogP contribution in [0, 0.1) is 6.92 Å². The molecule has 0 bridgehead atoms. The van der Waals surface area contributed by atoms with Crippen molar-refractivity contribution in [1.82, 2.24) is 24.9 Å². The minimum absolute atomic E-state index is 0.102. The van der Waals surface area contributed by atoms with Crippen LogP contribution in [0.15, 0.2) is 30.6 Å². The molecule has 0 atom stereocenters. The maximum atomic E-state index is 12.7. The Hall–Kier alpha value is -2.28. The molecule has 1 aromatic carbocycles. The molecule has 0 spiro atoms. The van der Waals surface area contributed by atoms with Crippen molar-refractivity contribution in [2.24, 2.45) is 0 Å². The van der Waals surface area contributed by atoms with E-state index in [1.54, 1.807) is 28.5 Å². The maximum Gasteiger partial charge on any atom is 0.253 e. The topological polar surface area (TPSA) is 63.9 Å². The fourth-order valence-electron chi connectivity index (χ4n) is 3.07. The summed E-state index contributed by atoms with van der Waals surface area (Å²) in [5, 5.41) is 9.43. The molecule has 7 heteroatoms. The smallest absolute Gasteiger partial charge is 0.253 e. The molecule has 4 rings (SSSR count). The lowest BCUT2D eigenvalue weighted by atomic mass is 10.0. The van der Waals surface area contributed by atoms with Gasteiger partial charge in [0.15, 0.2) is 0 Å². The summed E-state index contributed by atoms with van der Waals surface area (Å²) in [5.41, 5.74) is 1.71. The minimum Gasteiger partial charge on any atom is -0.338 e. The van der Waals surface area contributed by atoms with E-state index in [2.05, 4.69) is 15.2 Å². The molecule has 2 aromatic heterocycles. The minimum atomic E-state index is 0.102. The molecular weight excluding hydrogens is 310 g/mol. The van der Waals surface area contributed by atoms with Crippen LogP contribution in [0.1, 0.15) is 34.2 Å². The number of likely N-dealkylation sites (tertiary alicyclic amines) is 1. The van der Waals surface area contributed by atoms with E-state index in [4.69, 9.17) is 0 Å². The molecule has 0 saturated carbocycles. The molecule has 1 saturated heterocycles. The molecule has 1 amide bonds. The highest BCUT2D eigenvalue weighted by atomic mass is 32.1. The summed E-state index contributed by atoms with van der Waals surface area (Å²) in [6.45, 7) is 3.47. The first-order valence-electron chi connectivity index (χ1n) is 7.73. The van der Waals surface area contributed by atoms with E-state index in [0.717, 1.165) is 46.7 Å². The van der Waals surface area contributed by atoms with E-state index < -0.39 is 0 Å². The number of hydrogen-bond donors (Lipinski definition) is 0. The normalized spacial score (nSPS) is 16.1. The second-order valence-electron chi connectivity index (χ2n) is 5.79. The van der Waals surface area contributed by atoms with Gasteiger partial charge in [0.25, 0.3) is 5.91 Å². The van der Waals surface area contributed by atoms with Crippen LogP contribution in [0.4, 0.5) is 0 Å². The highest BCUT2D eigenvalue weighted by molar-refractivity contribution is 7.18. The van der Waals surface area contributed by atoms with Gasteiger partial charge in [-0.2, -0.15) is 15.0 Å². The van der Waals surface area contributed by atoms with E-state index in [1.165, 1.54) is 0 Å². The predicted octanol–water partition coefficient (Wildman–Crippen LogP) is 2.67. The zero-order valence-electron chi connectivity index (χ0n) is 12.8. The lowest BCUT2D eigenvalue weighted by Crippen LogP contribution is -2.39. The summed E-state index contributed by atoms with van der Waals surface area (Å²) in [4.78, 5) is 20.8. The van der Waals surface area contributed by atoms with Crippen molar-refractivity contribution in [1.29, 1.82) is 0 Å². The number of aromatic nitrogens is 4. The molecule has 1 aliphatic rings. The first-order valence-corrected chi connectivity index (χ1v) is 8.54. The van der Waals surface area contributed by atoms with Gasteiger partial charge in [0.1, 0.15) is 0 Å². The second kappa shape index (κ2) is 5.73. The Labute approximate surface area is 137 Å². The molecule has 23 heavy (non-hydrogen) atoms. The molecule has 0 radical (unpaired) electrons. The van der Waals surface area contributed by atoms with Crippen molar-refractivity contribution >= 4 is 27.5 Å². The summed E-state index contributed by atoms with van der Waals surface area (Å²) in [6, 6.07) is 6.07. The average molecular weight is 327 g/mol. The van der Waals surface area contributed by atoms with Gasteiger partial charge in [-0.25, -0.2) is 4.98 Å². The fraction of sp³-hybridized carbons (Fsp3) is 0.375. The monoisotopic (exact) mass is 327 g/mol. The number of carbonyl (C=O) groups excluding carboxylic acids is 1. The van der Waals surface area contributed by atoms with E-state index in [-0.39, 0.29) is 5.91 Å². The van der Waals surface area contributed by atoms with Gasteiger partial charge in [-0.1, -0.05) is 0 Å². The number of hydrogen-bond acceptors (Lipinski definition) is 5. The summed E-state index contributed by atoms with van der Waals surface area (Å²) in [7, 11) is 0. The molecule has 0 aliphatic carbocycles. The zero-order chi connectivity index (χ0) is 15.8.